The summed E-state index contributed by atoms with van der Waals surface area (Å²) in [5.74, 6) is 1.41. The first kappa shape index (κ1) is 16.5. The van der Waals surface area contributed by atoms with Crippen LogP contribution in [-0.4, -0.2) is 36.0 Å². The van der Waals surface area contributed by atoms with Crippen molar-refractivity contribution in [2.45, 2.75) is 12.1 Å². The maximum absolute atomic E-state index is 5.68. The monoisotopic (exact) mass is 316 g/mol. The van der Waals surface area contributed by atoms with E-state index in [2.05, 4.69) is 16.5 Å². The van der Waals surface area contributed by atoms with E-state index in [0.29, 0.717) is 24.3 Å². The Morgan fingerprint density at radius 2 is 2.00 bits per heavy atom. The summed E-state index contributed by atoms with van der Waals surface area (Å²) < 4.78 is 10.8. The molecule has 0 fully saturated rings. The molecule has 1 aromatic carbocycles. The molecule has 0 amide bonds. The van der Waals surface area contributed by atoms with Gasteiger partial charge in [0.25, 0.3) is 0 Å². The smallest absolute Gasteiger partial charge is 0.221 e. The zero-order chi connectivity index (χ0) is 15.8. The van der Waals surface area contributed by atoms with Crippen LogP contribution < -0.4 is 4.74 Å². The Morgan fingerprint density at radius 1 is 1.23 bits per heavy atom. The van der Waals surface area contributed by atoms with Gasteiger partial charge in [-0.25, -0.2) is 4.98 Å². The van der Waals surface area contributed by atoms with Gasteiger partial charge >= 0.3 is 0 Å². The third kappa shape index (κ3) is 4.32. The molecule has 0 atom stereocenters. The Bertz CT molecular complexity index is 618. The summed E-state index contributed by atoms with van der Waals surface area (Å²) in [6.07, 6.45) is 1.71. The summed E-state index contributed by atoms with van der Waals surface area (Å²) in [6.45, 7) is 6.74. The van der Waals surface area contributed by atoms with Crippen LogP contribution in [-0.2, 0) is 4.74 Å². The highest BCUT2D eigenvalue weighted by atomic mass is 32.2. The summed E-state index contributed by atoms with van der Waals surface area (Å²) in [5.41, 5.74) is 2.89. The average molecular weight is 316 g/mol. The Morgan fingerprint density at radius 3 is 2.68 bits per heavy atom. The molecule has 0 unspecified atom stereocenters. The SMILES string of the molecule is C=CCOc1nc(SCCOC)nc(-c2ccccc2)c1C. The van der Waals surface area contributed by atoms with Gasteiger partial charge in [-0.2, -0.15) is 4.98 Å². The van der Waals surface area contributed by atoms with Gasteiger partial charge in [0, 0.05) is 24.0 Å². The lowest BCUT2D eigenvalue weighted by molar-refractivity contribution is 0.218. The Kier molecular flexibility index (Phi) is 6.43. The molecule has 0 N–H and O–H groups in total. The molecule has 0 saturated carbocycles. The van der Waals surface area contributed by atoms with Crippen LogP contribution in [0.2, 0.25) is 0 Å². The van der Waals surface area contributed by atoms with Gasteiger partial charge in [0.05, 0.1) is 12.3 Å². The van der Waals surface area contributed by atoms with E-state index < -0.39 is 0 Å². The minimum absolute atomic E-state index is 0.425. The van der Waals surface area contributed by atoms with E-state index in [1.54, 1.807) is 24.9 Å². The minimum atomic E-state index is 0.425. The van der Waals surface area contributed by atoms with E-state index >= 15 is 0 Å². The maximum Gasteiger partial charge on any atom is 0.221 e. The maximum atomic E-state index is 5.68. The summed E-state index contributed by atoms with van der Waals surface area (Å²) in [5, 5.41) is 0.695. The van der Waals surface area contributed by atoms with E-state index in [9.17, 15) is 0 Å². The van der Waals surface area contributed by atoms with Crippen LogP contribution in [0.5, 0.6) is 5.88 Å². The Hall–Kier alpha value is -1.85. The largest absolute Gasteiger partial charge is 0.473 e. The molecule has 0 bridgehead atoms. The molecule has 0 saturated heterocycles. The number of nitrogens with zero attached hydrogens (tertiary/aromatic N) is 2. The van der Waals surface area contributed by atoms with Crippen LogP contribution >= 0.6 is 11.8 Å². The molecule has 1 heterocycles. The molecule has 5 heteroatoms. The lowest BCUT2D eigenvalue weighted by Gasteiger charge is -2.12. The van der Waals surface area contributed by atoms with E-state index in [0.717, 1.165) is 22.6 Å². The van der Waals surface area contributed by atoms with Crippen molar-refractivity contribution < 1.29 is 9.47 Å². The fourth-order valence-electron chi connectivity index (χ4n) is 1.91. The number of thioether (sulfide) groups is 1. The second-order valence-corrected chi connectivity index (χ2v) is 5.65. The molecule has 0 radical (unpaired) electrons. The first-order valence-electron chi connectivity index (χ1n) is 7.05. The number of hydrogen-bond donors (Lipinski definition) is 0. The van der Waals surface area contributed by atoms with Crippen LogP contribution in [0, 0.1) is 6.92 Å². The third-order valence-corrected chi connectivity index (χ3v) is 3.80. The molecule has 4 nitrogen and oxygen atoms in total. The van der Waals surface area contributed by atoms with Gasteiger partial charge in [-0.15, -0.1) is 0 Å². The number of aromatic nitrogens is 2. The van der Waals surface area contributed by atoms with E-state index in [4.69, 9.17) is 9.47 Å². The van der Waals surface area contributed by atoms with Gasteiger partial charge in [-0.3, -0.25) is 0 Å². The molecular weight excluding hydrogens is 296 g/mol. The molecule has 0 aliphatic carbocycles. The van der Waals surface area contributed by atoms with E-state index in [-0.39, 0.29) is 0 Å². The topological polar surface area (TPSA) is 44.2 Å². The highest BCUT2D eigenvalue weighted by Crippen LogP contribution is 2.29. The number of benzene rings is 1. The molecule has 0 aliphatic rings. The lowest BCUT2D eigenvalue weighted by atomic mass is 10.1. The van der Waals surface area contributed by atoms with Crippen molar-refractivity contribution in [1.29, 1.82) is 0 Å². The zero-order valence-corrected chi connectivity index (χ0v) is 13.7. The Balaban J connectivity index is 2.37. The van der Waals surface area contributed by atoms with Crippen molar-refractivity contribution in [3.8, 4) is 17.1 Å². The average Bonchev–Trinajstić information content (AvgIpc) is 2.56. The fraction of sp³-hybridized carbons (Fsp3) is 0.294. The van der Waals surface area contributed by atoms with Gasteiger partial charge in [0.1, 0.15) is 6.61 Å². The van der Waals surface area contributed by atoms with Gasteiger partial charge in [0.2, 0.25) is 5.88 Å². The summed E-state index contributed by atoms with van der Waals surface area (Å²) in [4.78, 5) is 9.17. The highest BCUT2D eigenvalue weighted by molar-refractivity contribution is 7.99. The van der Waals surface area contributed by atoms with Gasteiger partial charge in [0.15, 0.2) is 5.16 Å². The Labute approximate surface area is 135 Å². The predicted octanol–water partition coefficient (Wildman–Crippen LogP) is 3.76. The first-order valence-corrected chi connectivity index (χ1v) is 8.04. The number of ether oxygens (including phenoxy) is 2. The first-order chi connectivity index (χ1) is 10.8. The van der Waals surface area contributed by atoms with Crippen LogP contribution in [0.1, 0.15) is 5.56 Å². The van der Waals surface area contributed by atoms with Crippen LogP contribution in [0.4, 0.5) is 0 Å². The normalized spacial score (nSPS) is 10.5. The van der Waals surface area contributed by atoms with Crippen molar-refractivity contribution in [3.05, 3.63) is 48.6 Å². The second kappa shape index (κ2) is 8.56. The quantitative estimate of drug-likeness (QED) is 0.321. The van der Waals surface area contributed by atoms with Crippen molar-refractivity contribution >= 4 is 11.8 Å². The zero-order valence-electron chi connectivity index (χ0n) is 12.9. The number of methoxy groups -OCH3 is 1. The van der Waals surface area contributed by atoms with Crippen LogP contribution in [0.15, 0.2) is 48.1 Å². The van der Waals surface area contributed by atoms with Gasteiger partial charge < -0.3 is 9.47 Å². The molecule has 1 aromatic heterocycles. The number of hydrogen-bond acceptors (Lipinski definition) is 5. The molecule has 22 heavy (non-hydrogen) atoms. The fourth-order valence-corrected chi connectivity index (χ4v) is 2.65. The molecule has 116 valence electrons. The van der Waals surface area contributed by atoms with Crippen molar-refractivity contribution in [1.82, 2.24) is 9.97 Å². The van der Waals surface area contributed by atoms with Crippen LogP contribution in [0.25, 0.3) is 11.3 Å². The molecular formula is C17H20N2O2S. The van der Waals surface area contributed by atoms with Crippen molar-refractivity contribution in [2.75, 3.05) is 26.1 Å². The van der Waals surface area contributed by atoms with Gasteiger partial charge in [-0.1, -0.05) is 54.7 Å². The highest BCUT2D eigenvalue weighted by Gasteiger charge is 2.13. The van der Waals surface area contributed by atoms with Crippen molar-refractivity contribution in [3.63, 3.8) is 0 Å². The molecule has 2 rings (SSSR count). The third-order valence-electron chi connectivity index (χ3n) is 2.98. The number of rotatable bonds is 8. The second-order valence-electron chi connectivity index (χ2n) is 4.59. The standard InChI is InChI=1S/C17H20N2O2S/c1-4-10-21-16-13(2)15(14-8-6-5-7-9-14)18-17(19-16)22-12-11-20-3/h4-9H,1,10-12H2,2-3H3. The lowest BCUT2D eigenvalue weighted by Crippen LogP contribution is -2.04. The summed E-state index contributed by atoms with van der Waals surface area (Å²) in [7, 11) is 1.69. The minimum Gasteiger partial charge on any atom is -0.473 e. The predicted molar refractivity (Wildman–Crippen MR) is 90.5 cm³/mol. The summed E-state index contributed by atoms with van der Waals surface area (Å²) >= 11 is 1.56. The molecule has 0 spiro atoms. The van der Waals surface area contributed by atoms with Crippen molar-refractivity contribution in [2.24, 2.45) is 0 Å². The van der Waals surface area contributed by atoms with E-state index in [1.807, 2.05) is 37.3 Å². The van der Waals surface area contributed by atoms with E-state index in [1.165, 1.54) is 0 Å². The molecule has 0 aliphatic heterocycles. The van der Waals surface area contributed by atoms with Gasteiger partial charge in [-0.05, 0) is 6.92 Å². The summed E-state index contributed by atoms with van der Waals surface area (Å²) in [6, 6.07) is 10.1. The molecule has 2 aromatic rings. The van der Waals surface area contributed by atoms with Crippen LogP contribution in [0.3, 0.4) is 0 Å².